The second-order valence-corrected chi connectivity index (χ2v) is 5.77. The molecule has 1 aromatic heterocycles. The highest BCUT2D eigenvalue weighted by atomic mass is 79.9. The number of hydrogen-bond donors (Lipinski definition) is 2. The van der Waals surface area contributed by atoms with Gasteiger partial charge in [0.25, 0.3) is 0 Å². The molecule has 6 heteroatoms. The molecule has 0 aliphatic carbocycles. The van der Waals surface area contributed by atoms with Crippen LogP contribution in [0.3, 0.4) is 0 Å². The molecule has 0 aromatic carbocycles. The molecule has 0 bridgehead atoms. The Balaban J connectivity index is 2.79. The molecule has 0 radical (unpaired) electrons. The molecule has 0 fully saturated rings. The van der Waals surface area contributed by atoms with Crippen LogP contribution in [-0.4, -0.2) is 33.4 Å². The van der Waals surface area contributed by atoms with E-state index in [1.54, 1.807) is 39.8 Å². The van der Waals surface area contributed by atoms with E-state index in [1.165, 1.54) is 6.20 Å². The van der Waals surface area contributed by atoms with E-state index >= 15 is 0 Å². The van der Waals surface area contributed by atoms with Gasteiger partial charge in [0.2, 0.25) is 0 Å². The molecule has 0 atom stereocenters. The summed E-state index contributed by atoms with van der Waals surface area (Å²) in [5.74, 6) is 0. The van der Waals surface area contributed by atoms with E-state index in [0.29, 0.717) is 10.1 Å². The molecule has 0 spiro atoms. The lowest BCUT2D eigenvalue weighted by atomic mass is 9.77. The van der Waals surface area contributed by atoms with Crippen molar-refractivity contribution in [2.24, 2.45) is 0 Å². The highest BCUT2D eigenvalue weighted by Gasteiger charge is 2.39. The van der Waals surface area contributed by atoms with Gasteiger partial charge >= 0.3 is 7.12 Å². The summed E-state index contributed by atoms with van der Waals surface area (Å²) in [5, 5.41) is 19.8. The normalized spacial score (nSPS) is 12.6. The number of aliphatic hydroxyl groups is 1. The van der Waals surface area contributed by atoms with Gasteiger partial charge in [0.15, 0.2) is 0 Å². The Kier molecular flexibility index (Phi) is 4.35. The summed E-state index contributed by atoms with van der Waals surface area (Å²) < 4.78 is 6.17. The van der Waals surface area contributed by atoms with Crippen molar-refractivity contribution in [2.75, 3.05) is 0 Å². The molecule has 1 aromatic rings. The van der Waals surface area contributed by atoms with Crippen LogP contribution in [0.2, 0.25) is 0 Å². The second-order valence-electron chi connectivity index (χ2n) is 4.95. The fourth-order valence-electron chi connectivity index (χ4n) is 1.02. The maximum absolute atomic E-state index is 9.93. The van der Waals surface area contributed by atoms with Gasteiger partial charge in [0.05, 0.1) is 11.2 Å². The van der Waals surface area contributed by atoms with Crippen LogP contribution < -0.4 is 5.46 Å². The predicted octanol–water partition coefficient (Wildman–Crippen LogP) is 1.10. The number of nitrogens with zero attached hydrogens (tertiary/aromatic N) is 1. The van der Waals surface area contributed by atoms with Crippen LogP contribution in [0.5, 0.6) is 0 Å². The van der Waals surface area contributed by atoms with Gasteiger partial charge in [-0.15, -0.1) is 0 Å². The van der Waals surface area contributed by atoms with Crippen molar-refractivity contribution >= 4 is 28.5 Å². The summed E-state index contributed by atoms with van der Waals surface area (Å²) in [4.78, 5) is 4.01. The minimum absolute atomic E-state index is 0.547. The highest BCUT2D eigenvalue weighted by molar-refractivity contribution is 9.10. The van der Waals surface area contributed by atoms with E-state index in [2.05, 4.69) is 20.9 Å². The van der Waals surface area contributed by atoms with Crippen molar-refractivity contribution in [2.45, 2.75) is 38.9 Å². The number of halogens is 1. The zero-order valence-electron chi connectivity index (χ0n) is 10.4. The Morgan fingerprint density at radius 1 is 1.29 bits per heavy atom. The molecule has 4 nitrogen and oxygen atoms in total. The van der Waals surface area contributed by atoms with Gasteiger partial charge in [0, 0.05) is 11.7 Å². The third kappa shape index (κ3) is 3.77. The van der Waals surface area contributed by atoms with Gasteiger partial charge in [-0.3, -0.25) is 0 Å². The second kappa shape index (κ2) is 5.06. The largest absolute Gasteiger partial charge is 0.493 e. The Morgan fingerprint density at radius 2 is 1.88 bits per heavy atom. The molecule has 2 N–H and O–H groups in total. The van der Waals surface area contributed by atoms with Crippen LogP contribution in [-0.2, 0) is 4.65 Å². The van der Waals surface area contributed by atoms with E-state index in [0.717, 1.165) is 0 Å². The summed E-state index contributed by atoms with van der Waals surface area (Å²) in [6.45, 7) is 6.73. The quantitative estimate of drug-likeness (QED) is 0.646. The van der Waals surface area contributed by atoms with Gasteiger partial charge in [-0.2, -0.15) is 0 Å². The predicted molar refractivity (Wildman–Crippen MR) is 71.0 cm³/mol. The third-order valence-corrected chi connectivity index (χ3v) is 3.38. The first kappa shape index (κ1) is 14.6. The number of rotatable bonds is 4. The molecule has 1 rings (SSSR count). The van der Waals surface area contributed by atoms with Crippen molar-refractivity contribution in [3.05, 3.63) is 22.9 Å². The van der Waals surface area contributed by atoms with Gasteiger partial charge in [-0.25, -0.2) is 4.98 Å². The maximum Gasteiger partial charge on any atom is 0.493 e. The fraction of sp³-hybridized carbons (Fsp3) is 0.545. The van der Waals surface area contributed by atoms with E-state index in [-0.39, 0.29) is 0 Å². The van der Waals surface area contributed by atoms with E-state index in [9.17, 15) is 10.1 Å². The lowest BCUT2D eigenvalue weighted by Gasteiger charge is -2.38. The van der Waals surface area contributed by atoms with Gasteiger partial charge in [-0.05, 0) is 49.7 Å². The van der Waals surface area contributed by atoms with Crippen LogP contribution in [0.1, 0.15) is 27.7 Å². The van der Waals surface area contributed by atoms with Gasteiger partial charge in [-0.1, -0.05) is 6.07 Å². The topological polar surface area (TPSA) is 62.6 Å². The van der Waals surface area contributed by atoms with Crippen LogP contribution >= 0.6 is 15.9 Å². The Labute approximate surface area is 110 Å². The van der Waals surface area contributed by atoms with Crippen LogP contribution in [0.4, 0.5) is 0 Å². The number of aromatic nitrogens is 1. The smallest absolute Gasteiger partial charge is 0.423 e. The standard InChI is InChI=1S/C11H17BBrNO3/c1-10(2,15)11(3,4)17-12(16)8-5-6-9(13)14-7-8/h5-7,15-16H,1-4H3. The minimum atomic E-state index is -1.11. The lowest BCUT2D eigenvalue weighted by molar-refractivity contribution is -0.0982. The monoisotopic (exact) mass is 301 g/mol. The number of pyridine rings is 1. The molecule has 0 aliphatic rings. The van der Waals surface area contributed by atoms with Crippen LogP contribution in [0.25, 0.3) is 0 Å². The van der Waals surface area contributed by atoms with Crippen molar-refractivity contribution in [1.82, 2.24) is 4.98 Å². The zero-order chi connectivity index (χ0) is 13.3. The first-order valence-corrected chi connectivity index (χ1v) is 6.12. The van der Waals surface area contributed by atoms with Crippen molar-refractivity contribution in [3.63, 3.8) is 0 Å². The summed E-state index contributed by atoms with van der Waals surface area (Å²) in [5.41, 5.74) is -1.39. The first-order chi connectivity index (χ1) is 7.63. The Morgan fingerprint density at radius 3 is 2.29 bits per heavy atom. The zero-order valence-corrected chi connectivity index (χ0v) is 12.0. The van der Waals surface area contributed by atoms with Crippen molar-refractivity contribution in [3.8, 4) is 0 Å². The molecular formula is C11H17BBrNO3. The molecule has 0 saturated heterocycles. The molecule has 94 valence electrons. The summed E-state index contributed by atoms with van der Waals surface area (Å²) >= 11 is 3.21. The molecule has 17 heavy (non-hydrogen) atoms. The lowest BCUT2D eigenvalue weighted by Crippen LogP contribution is -2.53. The minimum Gasteiger partial charge on any atom is -0.423 e. The van der Waals surface area contributed by atoms with Gasteiger partial charge in [0.1, 0.15) is 4.60 Å². The third-order valence-electron chi connectivity index (χ3n) is 2.92. The van der Waals surface area contributed by atoms with Crippen LogP contribution in [0, 0.1) is 0 Å². The Hall–Kier alpha value is -0.425. The average Bonchev–Trinajstić information content (AvgIpc) is 2.16. The van der Waals surface area contributed by atoms with E-state index < -0.39 is 18.3 Å². The first-order valence-electron chi connectivity index (χ1n) is 5.33. The molecular weight excluding hydrogens is 285 g/mol. The van der Waals surface area contributed by atoms with E-state index in [4.69, 9.17) is 4.65 Å². The summed E-state index contributed by atoms with van der Waals surface area (Å²) in [7, 11) is -1.11. The van der Waals surface area contributed by atoms with Gasteiger partial charge < -0.3 is 14.8 Å². The SMILES string of the molecule is CC(C)(O)C(C)(C)OB(O)c1ccc(Br)nc1. The van der Waals surface area contributed by atoms with Crippen LogP contribution in [0.15, 0.2) is 22.9 Å². The Bertz CT molecular complexity index is 375. The maximum atomic E-state index is 9.93. The molecule has 1 heterocycles. The fourth-order valence-corrected chi connectivity index (χ4v) is 1.26. The highest BCUT2D eigenvalue weighted by Crippen LogP contribution is 2.25. The number of hydrogen-bond acceptors (Lipinski definition) is 4. The molecule has 0 amide bonds. The molecule has 0 saturated carbocycles. The molecule has 0 unspecified atom stereocenters. The van der Waals surface area contributed by atoms with Crippen molar-refractivity contribution in [1.29, 1.82) is 0 Å². The summed E-state index contributed by atoms with van der Waals surface area (Å²) in [6.07, 6.45) is 1.52. The summed E-state index contributed by atoms with van der Waals surface area (Å²) in [6, 6.07) is 3.43. The van der Waals surface area contributed by atoms with E-state index in [1.807, 2.05) is 0 Å². The average molecular weight is 302 g/mol. The van der Waals surface area contributed by atoms with Crippen molar-refractivity contribution < 1.29 is 14.8 Å². The molecule has 0 aliphatic heterocycles.